The van der Waals surface area contributed by atoms with Crippen molar-refractivity contribution < 1.29 is 13.2 Å². The van der Waals surface area contributed by atoms with Crippen molar-refractivity contribution >= 4 is 45.0 Å². The molecule has 2 heterocycles. The summed E-state index contributed by atoms with van der Waals surface area (Å²) in [4.78, 5) is 16.8. The fourth-order valence-corrected chi connectivity index (χ4v) is 8.35. The van der Waals surface area contributed by atoms with Gasteiger partial charge >= 0.3 is 10.2 Å². The van der Waals surface area contributed by atoms with Gasteiger partial charge in [0.2, 0.25) is 0 Å². The Morgan fingerprint density at radius 2 is 1.60 bits per heavy atom. The van der Waals surface area contributed by atoms with Crippen molar-refractivity contribution in [1.82, 2.24) is 14.3 Å². The molecular weight excluding hydrogens is 651 g/mol. The number of nitrogens with zero attached hydrogens (tertiary/aromatic N) is 3. The predicted octanol–water partition coefficient (Wildman–Crippen LogP) is 8.39. The molecule has 0 bridgehead atoms. The molecule has 0 spiro atoms. The van der Waals surface area contributed by atoms with Gasteiger partial charge in [-0.2, -0.15) is 8.42 Å². The minimum Gasteiger partial charge on any atom is -0.330 e. The summed E-state index contributed by atoms with van der Waals surface area (Å²) in [6.07, 6.45) is 9.10. The van der Waals surface area contributed by atoms with Crippen LogP contribution >= 0.6 is 23.2 Å². The Morgan fingerprint density at radius 1 is 0.851 bits per heavy atom. The zero-order valence-corrected chi connectivity index (χ0v) is 28.0. The second-order valence-corrected chi connectivity index (χ2v) is 14.7. The van der Waals surface area contributed by atoms with E-state index in [4.69, 9.17) is 28.2 Å². The Hall–Kier alpha value is -4.11. The number of anilines is 1. The molecule has 1 saturated carbocycles. The van der Waals surface area contributed by atoms with E-state index in [2.05, 4.69) is 53.1 Å². The van der Waals surface area contributed by atoms with Crippen molar-refractivity contribution in [3.8, 4) is 22.4 Å². The van der Waals surface area contributed by atoms with Gasteiger partial charge in [0.1, 0.15) is 12.4 Å². The molecule has 7 rings (SSSR count). The monoisotopic (exact) mass is 684 g/mol. The molecule has 0 radical (unpaired) electrons. The molecule has 0 unspecified atom stereocenters. The van der Waals surface area contributed by atoms with E-state index >= 15 is 0 Å². The summed E-state index contributed by atoms with van der Waals surface area (Å²) >= 11 is 12.8. The zero-order valence-electron chi connectivity index (χ0n) is 25.7. The Labute approximate surface area is 285 Å². The van der Waals surface area contributed by atoms with Crippen LogP contribution in [0.1, 0.15) is 60.5 Å². The van der Waals surface area contributed by atoms with Crippen LogP contribution in [0.5, 0.6) is 0 Å². The number of benzene rings is 4. The second kappa shape index (κ2) is 13.2. The quantitative estimate of drug-likeness (QED) is 0.178. The summed E-state index contributed by atoms with van der Waals surface area (Å²) in [5.41, 5.74) is 7.84. The number of carbonyl (C=O) groups excluding carboxylic acids is 1. The SMILES string of the molecule is O=C1CN(c2ccc(Cn3cc(-c4ccc(Cl)cc4Cl)nc3Cc3ccccc3-c3ccc(C4CCCCC4)cc3)cc2)S(=O)(=O)N1. The highest BCUT2D eigenvalue weighted by Crippen LogP contribution is 2.35. The molecule has 5 aromatic rings. The lowest BCUT2D eigenvalue weighted by molar-refractivity contribution is -0.117. The standard InChI is InChI=1S/C37H34Cl2N4O3S/c38-30-16-19-33(34(39)21-30)35-23-42(22-25-10-17-31(18-11-25)43-24-37(44)41-47(43,45)46)36(40-35)20-29-8-4-5-9-32(29)28-14-12-27(13-15-28)26-6-2-1-3-7-26/h4-5,8-19,21,23,26H,1-3,6-7,20,22,24H2,(H,41,44). The highest BCUT2D eigenvalue weighted by atomic mass is 35.5. The normalized spacial score (nSPS) is 16.4. The molecule has 2 fully saturated rings. The lowest BCUT2D eigenvalue weighted by atomic mass is 9.83. The number of hydrogen-bond donors (Lipinski definition) is 1. The summed E-state index contributed by atoms with van der Waals surface area (Å²) in [5.74, 6) is 0.968. The molecule has 1 aromatic heterocycles. The van der Waals surface area contributed by atoms with Gasteiger partial charge in [-0.25, -0.2) is 14.0 Å². The molecule has 0 atom stereocenters. The Balaban J connectivity index is 1.20. The topological polar surface area (TPSA) is 84.3 Å². The minimum atomic E-state index is -3.88. The van der Waals surface area contributed by atoms with E-state index in [0.29, 0.717) is 34.6 Å². The molecule has 47 heavy (non-hydrogen) atoms. The van der Waals surface area contributed by atoms with Crippen LogP contribution in [0.2, 0.25) is 10.0 Å². The number of halogens is 2. The van der Waals surface area contributed by atoms with Crippen LogP contribution in [-0.4, -0.2) is 30.4 Å². The van der Waals surface area contributed by atoms with E-state index in [1.807, 2.05) is 29.1 Å². The molecule has 1 N–H and O–H groups in total. The molecular formula is C37H34Cl2N4O3S. The van der Waals surface area contributed by atoms with Gasteiger partial charge in [-0.3, -0.25) is 4.79 Å². The van der Waals surface area contributed by atoms with Gasteiger partial charge in [-0.15, -0.1) is 0 Å². The molecule has 7 nitrogen and oxygen atoms in total. The van der Waals surface area contributed by atoms with Gasteiger partial charge in [-0.05, 0) is 76.9 Å². The van der Waals surface area contributed by atoms with E-state index in [-0.39, 0.29) is 6.54 Å². The van der Waals surface area contributed by atoms with E-state index in [9.17, 15) is 13.2 Å². The van der Waals surface area contributed by atoms with E-state index < -0.39 is 16.1 Å². The molecule has 240 valence electrons. The average molecular weight is 686 g/mol. The largest absolute Gasteiger partial charge is 0.330 e. The fraction of sp³-hybridized carbons (Fsp3) is 0.243. The molecule has 1 amide bonds. The molecule has 2 aliphatic rings. The smallest absolute Gasteiger partial charge is 0.326 e. The maximum absolute atomic E-state index is 12.3. The summed E-state index contributed by atoms with van der Waals surface area (Å²) in [6, 6.07) is 30.1. The third kappa shape index (κ3) is 6.82. The number of carbonyl (C=O) groups is 1. The number of imidazole rings is 1. The Morgan fingerprint density at radius 3 is 2.30 bits per heavy atom. The second-order valence-electron chi connectivity index (χ2n) is 12.3. The van der Waals surface area contributed by atoms with Crippen molar-refractivity contribution in [2.24, 2.45) is 0 Å². The molecule has 10 heteroatoms. The van der Waals surface area contributed by atoms with Crippen LogP contribution in [0.3, 0.4) is 0 Å². The van der Waals surface area contributed by atoms with Crippen LogP contribution in [0.15, 0.2) is 97.2 Å². The Kier molecular flexibility index (Phi) is 8.83. The first-order valence-corrected chi connectivity index (χ1v) is 18.0. The van der Waals surface area contributed by atoms with Crippen LogP contribution in [0.25, 0.3) is 22.4 Å². The van der Waals surface area contributed by atoms with Gasteiger partial charge in [0, 0.05) is 29.7 Å². The zero-order chi connectivity index (χ0) is 32.5. The lowest BCUT2D eigenvalue weighted by Gasteiger charge is -2.22. The average Bonchev–Trinajstić information content (AvgIpc) is 3.59. The van der Waals surface area contributed by atoms with Crippen LogP contribution in [-0.2, 0) is 28.0 Å². The molecule has 4 aromatic carbocycles. The minimum absolute atomic E-state index is 0.235. The predicted molar refractivity (Wildman–Crippen MR) is 188 cm³/mol. The molecule has 1 saturated heterocycles. The van der Waals surface area contributed by atoms with Crippen LogP contribution < -0.4 is 9.03 Å². The number of aromatic nitrogens is 2. The maximum Gasteiger partial charge on any atom is 0.326 e. The third-order valence-electron chi connectivity index (χ3n) is 9.13. The van der Waals surface area contributed by atoms with Crippen molar-refractivity contribution in [1.29, 1.82) is 0 Å². The van der Waals surface area contributed by atoms with E-state index in [0.717, 1.165) is 32.5 Å². The highest BCUT2D eigenvalue weighted by Gasteiger charge is 2.33. The molecule has 1 aliphatic carbocycles. The van der Waals surface area contributed by atoms with Gasteiger partial charge in [0.15, 0.2) is 0 Å². The van der Waals surface area contributed by atoms with Gasteiger partial charge in [-0.1, -0.05) is 103 Å². The van der Waals surface area contributed by atoms with Gasteiger partial charge in [0.05, 0.1) is 16.4 Å². The van der Waals surface area contributed by atoms with E-state index in [1.54, 1.807) is 24.3 Å². The first kappa shape index (κ1) is 31.5. The number of hydrogen-bond acceptors (Lipinski definition) is 4. The first-order chi connectivity index (χ1) is 22.7. The summed E-state index contributed by atoms with van der Waals surface area (Å²) in [5, 5.41) is 1.07. The van der Waals surface area contributed by atoms with Gasteiger partial charge in [0.25, 0.3) is 5.91 Å². The van der Waals surface area contributed by atoms with Gasteiger partial charge < -0.3 is 4.57 Å². The van der Waals surface area contributed by atoms with E-state index in [1.165, 1.54) is 48.8 Å². The fourth-order valence-electron chi connectivity index (χ4n) is 6.70. The summed E-state index contributed by atoms with van der Waals surface area (Å²) in [6.45, 7) is 0.261. The van der Waals surface area contributed by atoms with Crippen LogP contribution in [0.4, 0.5) is 5.69 Å². The Bertz CT molecular complexity index is 2040. The maximum atomic E-state index is 12.3. The summed E-state index contributed by atoms with van der Waals surface area (Å²) < 4.78 is 29.9. The van der Waals surface area contributed by atoms with Crippen molar-refractivity contribution in [3.05, 3.63) is 130 Å². The highest BCUT2D eigenvalue weighted by molar-refractivity contribution is 7.92. The van der Waals surface area contributed by atoms with Crippen LogP contribution in [0, 0.1) is 0 Å². The van der Waals surface area contributed by atoms with Crippen molar-refractivity contribution in [3.63, 3.8) is 0 Å². The third-order valence-corrected chi connectivity index (χ3v) is 11.1. The number of rotatable bonds is 8. The number of amides is 1. The molecule has 1 aliphatic heterocycles. The number of nitrogens with one attached hydrogen (secondary N) is 1. The first-order valence-electron chi connectivity index (χ1n) is 15.9. The van der Waals surface area contributed by atoms with Crippen molar-refractivity contribution in [2.75, 3.05) is 10.8 Å². The lowest BCUT2D eigenvalue weighted by Crippen LogP contribution is -2.29. The van der Waals surface area contributed by atoms with Crippen molar-refractivity contribution in [2.45, 2.75) is 51.0 Å². The summed E-state index contributed by atoms with van der Waals surface area (Å²) in [7, 11) is -3.88.